The van der Waals surface area contributed by atoms with Gasteiger partial charge >= 0.3 is 5.97 Å². The summed E-state index contributed by atoms with van der Waals surface area (Å²) in [6.45, 7) is 1.58. The lowest BCUT2D eigenvalue weighted by atomic mass is 9.98. The largest absolute Gasteiger partial charge is 0.481 e. The van der Waals surface area contributed by atoms with Crippen LogP contribution in [-0.2, 0) is 4.79 Å². The molecule has 0 aliphatic carbocycles. The molecule has 3 rings (SSSR count). The Morgan fingerprint density at radius 2 is 1.80 bits per heavy atom. The van der Waals surface area contributed by atoms with Gasteiger partial charge in [-0.05, 0) is 25.1 Å². The third kappa shape index (κ3) is 1.77. The average Bonchev–Trinajstić information content (AvgIpc) is 2.46. The molecule has 1 unspecified atom stereocenters. The van der Waals surface area contributed by atoms with E-state index in [1.807, 2.05) is 0 Å². The highest BCUT2D eigenvalue weighted by Crippen LogP contribution is 2.27. The Kier molecular flexibility index (Phi) is 2.79. The first-order valence-electron chi connectivity index (χ1n) is 6.27. The van der Waals surface area contributed by atoms with E-state index < -0.39 is 11.9 Å². The fourth-order valence-corrected chi connectivity index (χ4v) is 2.32. The van der Waals surface area contributed by atoms with E-state index in [1.54, 1.807) is 49.4 Å². The summed E-state index contributed by atoms with van der Waals surface area (Å²) < 4.78 is 5.77. The maximum Gasteiger partial charge on any atom is 0.310 e. The minimum absolute atomic E-state index is 0.138. The Bertz CT molecular complexity index is 876. The fourth-order valence-electron chi connectivity index (χ4n) is 2.32. The number of carbonyl (C=O) groups is 1. The number of benzene rings is 2. The lowest BCUT2D eigenvalue weighted by molar-refractivity contribution is -0.138. The number of carboxylic acid groups (broad SMARTS) is 1. The summed E-state index contributed by atoms with van der Waals surface area (Å²) >= 11 is 0. The number of aliphatic carboxylic acids is 1. The lowest BCUT2D eigenvalue weighted by Crippen LogP contribution is -2.10. The van der Waals surface area contributed by atoms with Gasteiger partial charge in [0.05, 0.1) is 16.7 Å². The van der Waals surface area contributed by atoms with Crippen LogP contribution in [0.5, 0.6) is 0 Å². The van der Waals surface area contributed by atoms with Gasteiger partial charge in [0.1, 0.15) is 11.2 Å². The highest BCUT2D eigenvalue weighted by molar-refractivity contribution is 5.93. The van der Waals surface area contributed by atoms with Gasteiger partial charge in [-0.3, -0.25) is 9.59 Å². The molecule has 0 aliphatic heterocycles. The van der Waals surface area contributed by atoms with E-state index in [2.05, 4.69) is 0 Å². The molecular weight excluding hydrogens is 256 g/mol. The second-order valence-corrected chi connectivity index (χ2v) is 4.71. The van der Waals surface area contributed by atoms with Gasteiger partial charge in [0.2, 0.25) is 5.43 Å². The molecule has 20 heavy (non-hydrogen) atoms. The van der Waals surface area contributed by atoms with Crippen LogP contribution in [0.4, 0.5) is 0 Å². The Labute approximate surface area is 114 Å². The SMILES string of the molecule is CC(C(=O)O)c1cccc2c(=O)c3ccccc3oc12. The van der Waals surface area contributed by atoms with Crippen molar-refractivity contribution in [1.29, 1.82) is 0 Å². The van der Waals surface area contributed by atoms with Gasteiger partial charge in [-0.2, -0.15) is 0 Å². The van der Waals surface area contributed by atoms with Crippen molar-refractivity contribution in [2.24, 2.45) is 0 Å². The molecule has 0 fully saturated rings. The first-order chi connectivity index (χ1) is 9.59. The Morgan fingerprint density at radius 1 is 1.10 bits per heavy atom. The van der Waals surface area contributed by atoms with Gasteiger partial charge in [-0.15, -0.1) is 0 Å². The molecule has 0 bridgehead atoms. The van der Waals surface area contributed by atoms with Crippen molar-refractivity contribution >= 4 is 27.9 Å². The Morgan fingerprint density at radius 3 is 2.55 bits per heavy atom. The molecule has 0 radical (unpaired) electrons. The summed E-state index contributed by atoms with van der Waals surface area (Å²) in [6.07, 6.45) is 0. The molecule has 100 valence electrons. The van der Waals surface area contributed by atoms with Crippen LogP contribution < -0.4 is 5.43 Å². The zero-order valence-corrected chi connectivity index (χ0v) is 10.8. The number of carboxylic acids is 1. The van der Waals surface area contributed by atoms with Gasteiger partial charge in [-0.1, -0.05) is 24.3 Å². The van der Waals surface area contributed by atoms with Crippen molar-refractivity contribution < 1.29 is 14.3 Å². The van der Waals surface area contributed by atoms with Crippen LogP contribution in [0.3, 0.4) is 0 Å². The fraction of sp³-hybridized carbons (Fsp3) is 0.125. The van der Waals surface area contributed by atoms with Gasteiger partial charge in [-0.25, -0.2) is 0 Å². The summed E-state index contributed by atoms with van der Waals surface area (Å²) in [5.74, 6) is -1.68. The second-order valence-electron chi connectivity index (χ2n) is 4.71. The van der Waals surface area contributed by atoms with Crippen molar-refractivity contribution in [3.05, 3.63) is 58.3 Å². The highest BCUT2D eigenvalue weighted by atomic mass is 16.4. The molecule has 4 nitrogen and oxygen atoms in total. The van der Waals surface area contributed by atoms with Crippen LogP contribution in [0.2, 0.25) is 0 Å². The smallest absolute Gasteiger partial charge is 0.310 e. The van der Waals surface area contributed by atoms with Crippen molar-refractivity contribution in [2.45, 2.75) is 12.8 Å². The van der Waals surface area contributed by atoms with Crippen LogP contribution in [-0.4, -0.2) is 11.1 Å². The minimum Gasteiger partial charge on any atom is -0.481 e. The summed E-state index contributed by atoms with van der Waals surface area (Å²) in [4.78, 5) is 23.6. The molecule has 0 spiro atoms. The number of fused-ring (bicyclic) bond motifs is 2. The standard InChI is InChI=1S/C16H12O4/c1-9(16(18)19)10-6-4-7-12-14(17)11-5-2-3-8-13(11)20-15(10)12/h2-9H,1H3,(H,18,19). The van der Waals surface area contributed by atoms with E-state index >= 15 is 0 Å². The van der Waals surface area contributed by atoms with Crippen molar-refractivity contribution in [3.63, 3.8) is 0 Å². The molecule has 0 aliphatic rings. The average molecular weight is 268 g/mol. The van der Waals surface area contributed by atoms with Crippen LogP contribution >= 0.6 is 0 Å². The van der Waals surface area contributed by atoms with E-state index in [-0.39, 0.29) is 5.43 Å². The maximum atomic E-state index is 12.4. The maximum absolute atomic E-state index is 12.4. The lowest BCUT2D eigenvalue weighted by Gasteiger charge is -2.10. The highest BCUT2D eigenvalue weighted by Gasteiger charge is 2.19. The molecular formula is C16H12O4. The van der Waals surface area contributed by atoms with E-state index in [1.165, 1.54) is 0 Å². The quantitative estimate of drug-likeness (QED) is 0.725. The molecule has 1 aromatic heterocycles. The molecule has 3 aromatic rings. The summed E-state index contributed by atoms with van der Waals surface area (Å²) in [5, 5.41) is 10.1. The van der Waals surface area contributed by atoms with E-state index in [4.69, 9.17) is 9.52 Å². The Balaban J connectivity index is 2.46. The third-order valence-corrected chi connectivity index (χ3v) is 3.47. The summed E-state index contributed by atoms with van der Waals surface area (Å²) in [7, 11) is 0. The van der Waals surface area contributed by atoms with Crippen LogP contribution in [0.25, 0.3) is 21.9 Å². The van der Waals surface area contributed by atoms with Crippen LogP contribution in [0.1, 0.15) is 18.4 Å². The van der Waals surface area contributed by atoms with Crippen LogP contribution in [0, 0.1) is 0 Å². The Hall–Kier alpha value is -2.62. The number of para-hydroxylation sites is 2. The molecule has 1 heterocycles. The minimum atomic E-state index is -0.951. The van der Waals surface area contributed by atoms with E-state index in [9.17, 15) is 9.59 Å². The van der Waals surface area contributed by atoms with Crippen LogP contribution in [0.15, 0.2) is 51.7 Å². The van der Waals surface area contributed by atoms with Gasteiger partial charge in [0.25, 0.3) is 0 Å². The van der Waals surface area contributed by atoms with Gasteiger partial charge in [0.15, 0.2) is 0 Å². The number of rotatable bonds is 2. The molecule has 4 heteroatoms. The third-order valence-electron chi connectivity index (χ3n) is 3.47. The zero-order valence-electron chi connectivity index (χ0n) is 10.8. The van der Waals surface area contributed by atoms with E-state index in [0.717, 1.165) is 0 Å². The van der Waals surface area contributed by atoms with Crippen molar-refractivity contribution in [3.8, 4) is 0 Å². The summed E-state index contributed by atoms with van der Waals surface area (Å²) in [5.41, 5.74) is 1.19. The first kappa shape index (κ1) is 12.4. The normalized spacial score (nSPS) is 12.7. The number of hydrogen-bond acceptors (Lipinski definition) is 3. The molecule has 0 saturated heterocycles. The predicted molar refractivity (Wildman–Crippen MR) is 76.0 cm³/mol. The van der Waals surface area contributed by atoms with E-state index in [0.29, 0.717) is 27.5 Å². The van der Waals surface area contributed by atoms with Gasteiger partial charge in [0, 0.05) is 5.56 Å². The molecule has 1 atom stereocenters. The van der Waals surface area contributed by atoms with Crippen molar-refractivity contribution in [2.75, 3.05) is 0 Å². The second kappa shape index (κ2) is 4.49. The van der Waals surface area contributed by atoms with Gasteiger partial charge < -0.3 is 9.52 Å². The number of hydrogen-bond donors (Lipinski definition) is 1. The first-order valence-corrected chi connectivity index (χ1v) is 6.27. The molecule has 0 saturated carbocycles. The topological polar surface area (TPSA) is 67.5 Å². The summed E-state index contributed by atoms with van der Waals surface area (Å²) in [6, 6.07) is 12.0. The molecule has 0 amide bonds. The zero-order chi connectivity index (χ0) is 14.3. The monoisotopic (exact) mass is 268 g/mol. The van der Waals surface area contributed by atoms with Crippen molar-refractivity contribution in [1.82, 2.24) is 0 Å². The predicted octanol–water partition coefficient (Wildman–Crippen LogP) is 3.13. The molecule has 1 N–H and O–H groups in total. The molecule has 2 aromatic carbocycles.